The lowest BCUT2D eigenvalue weighted by molar-refractivity contribution is 0.0592. The summed E-state index contributed by atoms with van der Waals surface area (Å²) in [5, 5.41) is 14.7. The van der Waals surface area contributed by atoms with Crippen molar-refractivity contribution in [2.24, 2.45) is 5.73 Å². The molecule has 7 N–H and O–H groups in total. The second-order valence-corrected chi connectivity index (χ2v) is 22.1. The molecule has 0 unspecified atom stereocenters. The lowest BCUT2D eigenvalue weighted by atomic mass is 10.1. The molecule has 8 aromatic carbocycles. The number of carboxylic acid groups (broad SMARTS) is 1. The van der Waals surface area contributed by atoms with Gasteiger partial charge in [-0.25, -0.2) is 14.4 Å². The number of nitrogens with zero attached hydrogens (tertiary/aromatic N) is 3. The number of carbonyl (C=O) groups excluding carboxylic acids is 4. The van der Waals surface area contributed by atoms with E-state index < -0.39 is 11.9 Å². The van der Waals surface area contributed by atoms with Crippen LogP contribution in [0.3, 0.4) is 0 Å². The van der Waals surface area contributed by atoms with Crippen molar-refractivity contribution >= 4 is 52.9 Å². The predicted molar refractivity (Wildman–Crippen MR) is 385 cm³/mol. The van der Waals surface area contributed by atoms with Crippen molar-refractivity contribution in [2.45, 2.75) is 60.4 Å². The number of nitrogens with two attached hydrogens (primary N) is 1. The monoisotopic (exact) mass is 1290 g/mol. The van der Waals surface area contributed by atoms with Crippen LogP contribution in [0.1, 0.15) is 102 Å². The van der Waals surface area contributed by atoms with Gasteiger partial charge in [0.15, 0.2) is 0 Å². The summed E-state index contributed by atoms with van der Waals surface area (Å²) >= 11 is 0. The molecule has 0 atom stereocenters. The minimum Gasteiger partial charge on any atom is -0.478 e. The van der Waals surface area contributed by atoms with E-state index in [-0.39, 0.29) is 29.5 Å². The number of esters is 2. The predicted octanol–water partition coefficient (Wildman–Crippen LogP) is 13.2. The van der Waals surface area contributed by atoms with E-state index in [4.69, 9.17) is 10.8 Å². The van der Waals surface area contributed by atoms with E-state index in [1.165, 1.54) is 19.9 Å². The summed E-state index contributed by atoms with van der Waals surface area (Å²) in [6.45, 7) is 10.3. The molecule has 2 aromatic heterocycles. The number of carbonyl (C=O) groups is 5. The Morgan fingerprint density at radius 1 is 0.479 bits per heavy atom. The van der Waals surface area contributed by atoms with E-state index in [1.54, 1.807) is 48.5 Å². The minimum absolute atomic E-state index is 0.0648. The fraction of sp³-hybridized carbons (Fsp3) is 0.192. The topological polar surface area (TPSA) is 250 Å². The molecule has 10 aromatic rings. The molecule has 1 amide bonds. The number of aromatic carboxylic acids is 1. The largest absolute Gasteiger partial charge is 0.478 e. The highest BCUT2D eigenvalue weighted by Crippen LogP contribution is 2.19. The van der Waals surface area contributed by atoms with Crippen LogP contribution in [0.15, 0.2) is 240 Å². The van der Waals surface area contributed by atoms with E-state index >= 15 is 0 Å². The van der Waals surface area contributed by atoms with Gasteiger partial charge in [-0.05, 0) is 165 Å². The molecule has 0 spiro atoms. The summed E-state index contributed by atoms with van der Waals surface area (Å²) in [5.74, 6) is -1.78. The van der Waals surface area contributed by atoms with Gasteiger partial charge in [0.05, 0.1) is 30.9 Å². The maximum absolute atomic E-state index is 12.4. The molecule has 0 fully saturated rings. The number of methoxy groups -OCH3 is 2. The Kier molecular flexibility index (Phi) is 31.1. The van der Waals surface area contributed by atoms with Crippen LogP contribution in [0.5, 0.6) is 0 Å². The third kappa shape index (κ3) is 25.1. The number of rotatable bonds is 18. The van der Waals surface area contributed by atoms with Crippen LogP contribution < -0.4 is 42.2 Å². The second kappa shape index (κ2) is 39.7. The number of benzene rings is 8. The van der Waals surface area contributed by atoms with Crippen LogP contribution in [0.4, 0.5) is 22.7 Å². The summed E-state index contributed by atoms with van der Waals surface area (Å²) in [6.07, 6.45) is 0.723. The number of nitrogens with one attached hydrogen (secondary N) is 4. The highest BCUT2D eigenvalue weighted by atomic mass is 16.5. The van der Waals surface area contributed by atoms with Crippen LogP contribution in [-0.2, 0) is 42.2 Å². The van der Waals surface area contributed by atoms with Gasteiger partial charge in [-0.2, -0.15) is 0 Å². The molecule has 0 saturated heterocycles. The molecular formula is C78H86N8O10. The first-order chi connectivity index (χ1) is 46.2. The SMILES string of the molecule is CN(Cc1ccc(C(=O)O)cc1)c1ccccc1.CNc1ccccc1.COC(=O)c1ccc(C=O)cc1.COC(=O)c1ccc(CN(C)c2ccccc2)cc1.Cc1cc(C)c(CN)c(=O)[nH]1.Cc1cc(C)c(CNC(=O)c2ccc(CN(C)c3ccccc3)cc2)c(=O)[nH]1. The Morgan fingerprint density at radius 3 is 1.12 bits per heavy atom. The summed E-state index contributed by atoms with van der Waals surface area (Å²) < 4.78 is 9.16. The van der Waals surface area contributed by atoms with Crippen LogP contribution in [0, 0.1) is 27.7 Å². The van der Waals surface area contributed by atoms with Crippen LogP contribution in [0.2, 0.25) is 0 Å². The van der Waals surface area contributed by atoms with Gasteiger partial charge in [0.2, 0.25) is 0 Å². The number of aldehydes is 1. The third-order valence-electron chi connectivity index (χ3n) is 14.8. The fourth-order valence-corrected chi connectivity index (χ4v) is 9.45. The lowest BCUT2D eigenvalue weighted by Gasteiger charge is -2.19. The maximum atomic E-state index is 12.4. The molecule has 96 heavy (non-hydrogen) atoms. The molecule has 0 radical (unpaired) electrons. The number of aryl methyl sites for hydroxylation is 4. The van der Waals surface area contributed by atoms with E-state index in [2.05, 4.69) is 69.0 Å². The number of aromatic amines is 2. The summed E-state index contributed by atoms with van der Waals surface area (Å²) in [5.41, 5.74) is 20.4. The minimum atomic E-state index is -0.891. The molecule has 498 valence electrons. The van der Waals surface area contributed by atoms with E-state index in [9.17, 15) is 33.6 Å². The zero-order valence-electron chi connectivity index (χ0n) is 56.1. The normalized spacial score (nSPS) is 9.95. The molecule has 0 bridgehead atoms. The molecule has 0 aliphatic carbocycles. The van der Waals surface area contributed by atoms with Crippen molar-refractivity contribution in [3.63, 3.8) is 0 Å². The summed E-state index contributed by atoms with van der Waals surface area (Å²) in [4.78, 5) is 90.8. The van der Waals surface area contributed by atoms with Crippen molar-refractivity contribution in [2.75, 3.05) is 62.4 Å². The molecule has 2 heterocycles. The zero-order chi connectivity index (χ0) is 69.9. The van der Waals surface area contributed by atoms with Gasteiger partial charge < -0.3 is 55.6 Å². The Balaban J connectivity index is 0.000000218. The lowest BCUT2D eigenvalue weighted by Crippen LogP contribution is -2.28. The average Bonchev–Trinajstić information content (AvgIpc) is 1.02. The van der Waals surface area contributed by atoms with Gasteiger partial charge in [0.25, 0.3) is 17.0 Å². The van der Waals surface area contributed by atoms with Crippen LogP contribution >= 0.6 is 0 Å². The molecule has 0 aliphatic heterocycles. The van der Waals surface area contributed by atoms with E-state index in [0.717, 1.165) is 82.2 Å². The number of H-pyrrole nitrogens is 2. The van der Waals surface area contributed by atoms with Gasteiger partial charge in [-0.3, -0.25) is 19.2 Å². The smallest absolute Gasteiger partial charge is 0.337 e. The number of hydrogen-bond acceptors (Lipinski definition) is 14. The number of para-hydroxylation sites is 4. The number of anilines is 4. The zero-order valence-corrected chi connectivity index (χ0v) is 56.1. The van der Waals surface area contributed by atoms with Gasteiger partial charge in [0.1, 0.15) is 6.29 Å². The van der Waals surface area contributed by atoms with Gasteiger partial charge in [-0.15, -0.1) is 0 Å². The number of pyridine rings is 2. The highest BCUT2D eigenvalue weighted by molar-refractivity contribution is 5.94. The van der Waals surface area contributed by atoms with E-state index in [1.807, 2.05) is 214 Å². The molecule has 0 aliphatic rings. The van der Waals surface area contributed by atoms with Gasteiger partial charge in [-0.1, -0.05) is 121 Å². The maximum Gasteiger partial charge on any atom is 0.337 e. The fourth-order valence-electron chi connectivity index (χ4n) is 9.45. The Morgan fingerprint density at radius 2 is 0.812 bits per heavy atom. The van der Waals surface area contributed by atoms with Crippen molar-refractivity contribution in [1.29, 1.82) is 0 Å². The van der Waals surface area contributed by atoms with Crippen LogP contribution in [-0.4, -0.2) is 87.6 Å². The standard InChI is InChI=1S/C23H25N3O2.C16H17NO2.C15H15NO2.C9H8O3.C8H12N2O.C7H9N/c1-16-13-17(2)25-23(28)21(16)14-24-22(27)19-11-9-18(10-12-19)15-26(3)20-7-5-4-6-8-20;1-17(15-6-4-3-5-7-15)12-13-8-10-14(11-9-13)16(18)19-2;1-16(14-5-3-2-4-6-14)11-12-7-9-13(10-8-12)15(17)18;1-12-9(11)8-4-2-7(6-10)3-5-8;1-5-3-6(2)10-8(11)7(5)4-9;1-8-7-5-3-2-4-6-7/h4-13H,14-15H2,1-3H3,(H,24,27)(H,25,28);3-11H,12H2,1-2H3;2-10H,11H2,1H3,(H,17,18);2-6H,1H3;3H,4,9H2,1-2H3,(H,10,11);2-6,8H,1H3. The summed E-state index contributed by atoms with van der Waals surface area (Å²) in [6, 6.07) is 72.6. The first-order valence-corrected chi connectivity index (χ1v) is 30.8. The average molecular weight is 1300 g/mol. The quantitative estimate of drug-likeness (QED) is 0.0345. The van der Waals surface area contributed by atoms with Gasteiger partial charge in [0, 0.05) is 117 Å². The second-order valence-electron chi connectivity index (χ2n) is 22.1. The first-order valence-electron chi connectivity index (χ1n) is 30.8. The van der Waals surface area contributed by atoms with Crippen molar-refractivity contribution in [1.82, 2.24) is 15.3 Å². The van der Waals surface area contributed by atoms with Crippen LogP contribution in [0.25, 0.3) is 0 Å². The van der Waals surface area contributed by atoms with E-state index in [0.29, 0.717) is 45.5 Å². The summed E-state index contributed by atoms with van der Waals surface area (Å²) in [7, 11) is 10.7. The molecule has 0 saturated carbocycles. The number of aromatic nitrogens is 2. The van der Waals surface area contributed by atoms with Crippen molar-refractivity contribution in [3.05, 3.63) is 329 Å². The Labute approximate surface area is 562 Å². The van der Waals surface area contributed by atoms with Gasteiger partial charge >= 0.3 is 17.9 Å². The first kappa shape index (κ1) is 75.1. The third-order valence-corrected chi connectivity index (χ3v) is 14.8. The number of carboxylic acids is 1. The van der Waals surface area contributed by atoms with Crippen molar-refractivity contribution < 1.29 is 38.6 Å². The number of amides is 1. The number of hydrogen-bond donors (Lipinski definition) is 6. The molecule has 18 nitrogen and oxygen atoms in total. The highest BCUT2D eigenvalue weighted by Gasteiger charge is 2.12. The Bertz CT molecular complexity index is 4130. The molecule has 10 rings (SSSR count). The number of ether oxygens (including phenoxy) is 2. The molecular weight excluding hydrogens is 1210 g/mol. The molecule has 18 heteroatoms. The Hall–Kier alpha value is -11.6. The van der Waals surface area contributed by atoms with Crippen molar-refractivity contribution in [3.8, 4) is 0 Å².